The van der Waals surface area contributed by atoms with Crippen molar-refractivity contribution < 1.29 is 13.2 Å². The molecular formula is C16H22F3N. The fraction of sp³-hybridized carbons (Fsp3) is 0.625. The Morgan fingerprint density at radius 3 is 2.50 bits per heavy atom. The molecule has 0 saturated heterocycles. The first-order chi connectivity index (χ1) is 9.47. The molecule has 0 radical (unpaired) electrons. The Balaban J connectivity index is 2.29. The van der Waals surface area contributed by atoms with Crippen molar-refractivity contribution in [3.05, 3.63) is 35.4 Å². The zero-order chi connectivity index (χ0) is 14.8. The fourth-order valence-electron chi connectivity index (χ4n) is 3.46. The van der Waals surface area contributed by atoms with Crippen molar-refractivity contribution in [2.75, 3.05) is 7.05 Å². The first kappa shape index (κ1) is 15.4. The fourth-order valence-corrected chi connectivity index (χ4v) is 3.46. The van der Waals surface area contributed by atoms with Crippen LogP contribution < -0.4 is 5.32 Å². The summed E-state index contributed by atoms with van der Waals surface area (Å²) in [5.41, 5.74) is -0.108. The lowest BCUT2D eigenvalue weighted by molar-refractivity contribution is -0.138. The molecule has 0 amide bonds. The molecule has 1 fully saturated rings. The third-order valence-corrected chi connectivity index (χ3v) is 4.54. The molecule has 0 bridgehead atoms. The minimum absolute atomic E-state index is 0.204. The van der Waals surface area contributed by atoms with Crippen LogP contribution in [0.15, 0.2) is 24.3 Å². The highest BCUT2D eigenvalue weighted by Gasteiger charge is 2.38. The molecular weight excluding hydrogens is 263 g/mol. The summed E-state index contributed by atoms with van der Waals surface area (Å²) < 4.78 is 39.4. The van der Waals surface area contributed by atoms with Crippen LogP contribution in [0.3, 0.4) is 0 Å². The highest BCUT2D eigenvalue weighted by atomic mass is 19.4. The molecule has 0 spiro atoms. The molecule has 1 nitrogen and oxygen atoms in total. The van der Waals surface area contributed by atoms with E-state index in [4.69, 9.17) is 0 Å². The first-order valence-corrected chi connectivity index (χ1v) is 7.30. The van der Waals surface area contributed by atoms with Gasteiger partial charge in [0.2, 0.25) is 0 Å². The van der Waals surface area contributed by atoms with Crippen molar-refractivity contribution in [1.29, 1.82) is 0 Å². The summed E-state index contributed by atoms with van der Waals surface area (Å²) in [4.78, 5) is 0. The Labute approximate surface area is 118 Å². The van der Waals surface area contributed by atoms with Crippen molar-refractivity contribution in [3.8, 4) is 0 Å². The third kappa shape index (κ3) is 3.17. The van der Waals surface area contributed by atoms with E-state index in [1.54, 1.807) is 19.2 Å². The van der Waals surface area contributed by atoms with E-state index in [-0.39, 0.29) is 6.04 Å². The second-order valence-electron chi connectivity index (χ2n) is 5.70. The van der Waals surface area contributed by atoms with E-state index in [1.807, 2.05) is 0 Å². The standard InChI is InChI=1S/C16H22F3N/c1-3-11-8-9-12(10-11)15(20-2)13-6-4-5-7-14(13)16(17,18)19/h4-7,11-12,15,20H,3,8-10H2,1-2H3. The number of rotatable bonds is 4. The largest absolute Gasteiger partial charge is 0.416 e. The van der Waals surface area contributed by atoms with Crippen LogP contribution in [0.1, 0.15) is 49.8 Å². The molecule has 1 aliphatic rings. The second kappa shape index (κ2) is 6.17. The van der Waals surface area contributed by atoms with E-state index in [9.17, 15) is 13.2 Å². The average Bonchev–Trinajstić information content (AvgIpc) is 2.88. The minimum Gasteiger partial charge on any atom is -0.313 e. The Bertz CT molecular complexity index is 442. The number of nitrogens with one attached hydrogen (secondary N) is 1. The molecule has 1 saturated carbocycles. The summed E-state index contributed by atoms with van der Waals surface area (Å²) >= 11 is 0. The number of alkyl halides is 3. The Morgan fingerprint density at radius 2 is 1.95 bits per heavy atom. The topological polar surface area (TPSA) is 12.0 Å². The Morgan fingerprint density at radius 1 is 1.25 bits per heavy atom. The van der Waals surface area contributed by atoms with Crippen LogP contribution in [0.5, 0.6) is 0 Å². The highest BCUT2D eigenvalue weighted by molar-refractivity contribution is 5.33. The van der Waals surface area contributed by atoms with E-state index in [2.05, 4.69) is 12.2 Å². The monoisotopic (exact) mass is 285 g/mol. The second-order valence-corrected chi connectivity index (χ2v) is 5.70. The predicted molar refractivity (Wildman–Crippen MR) is 74.4 cm³/mol. The maximum atomic E-state index is 13.1. The maximum Gasteiger partial charge on any atom is 0.416 e. The number of hydrogen-bond acceptors (Lipinski definition) is 1. The van der Waals surface area contributed by atoms with E-state index in [0.717, 1.165) is 25.7 Å². The molecule has 1 aromatic carbocycles. The molecule has 0 heterocycles. The zero-order valence-electron chi connectivity index (χ0n) is 12.0. The van der Waals surface area contributed by atoms with Crippen LogP contribution in [0, 0.1) is 11.8 Å². The third-order valence-electron chi connectivity index (χ3n) is 4.54. The number of hydrogen-bond donors (Lipinski definition) is 1. The Hall–Kier alpha value is -1.03. The first-order valence-electron chi connectivity index (χ1n) is 7.30. The minimum atomic E-state index is -4.28. The van der Waals surface area contributed by atoms with Crippen molar-refractivity contribution >= 4 is 0 Å². The molecule has 1 aliphatic carbocycles. The number of benzene rings is 1. The average molecular weight is 285 g/mol. The lowest BCUT2D eigenvalue weighted by Crippen LogP contribution is -2.26. The van der Waals surface area contributed by atoms with E-state index in [0.29, 0.717) is 17.4 Å². The summed E-state index contributed by atoms with van der Waals surface area (Å²) in [5, 5.41) is 3.12. The van der Waals surface area contributed by atoms with Gasteiger partial charge in [0.05, 0.1) is 5.56 Å². The van der Waals surface area contributed by atoms with Crippen LogP contribution in [0.4, 0.5) is 13.2 Å². The van der Waals surface area contributed by atoms with Gasteiger partial charge in [0, 0.05) is 6.04 Å². The van der Waals surface area contributed by atoms with Crippen LogP contribution >= 0.6 is 0 Å². The summed E-state index contributed by atoms with van der Waals surface area (Å²) in [6.45, 7) is 2.16. The molecule has 1 aromatic rings. The van der Waals surface area contributed by atoms with Gasteiger partial charge in [-0.25, -0.2) is 0 Å². The summed E-state index contributed by atoms with van der Waals surface area (Å²) in [5.74, 6) is 0.961. The van der Waals surface area contributed by atoms with Gasteiger partial charge in [-0.05, 0) is 43.4 Å². The zero-order valence-corrected chi connectivity index (χ0v) is 12.0. The van der Waals surface area contributed by atoms with Gasteiger partial charge >= 0.3 is 6.18 Å². The smallest absolute Gasteiger partial charge is 0.313 e. The van der Waals surface area contributed by atoms with Gasteiger partial charge in [-0.2, -0.15) is 13.2 Å². The normalized spacial score (nSPS) is 24.9. The highest BCUT2D eigenvalue weighted by Crippen LogP contribution is 2.43. The van der Waals surface area contributed by atoms with Crippen LogP contribution in [0.2, 0.25) is 0 Å². The molecule has 1 N–H and O–H groups in total. The van der Waals surface area contributed by atoms with Crippen LogP contribution in [-0.4, -0.2) is 7.05 Å². The molecule has 3 atom stereocenters. The van der Waals surface area contributed by atoms with Gasteiger partial charge in [0.1, 0.15) is 0 Å². The maximum absolute atomic E-state index is 13.1. The molecule has 0 aromatic heterocycles. The molecule has 112 valence electrons. The lowest BCUT2D eigenvalue weighted by atomic mass is 9.88. The van der Waals surface area contributed by atoms with Crippen molar-refractivity contribution in [2.45, 2.75) is 44.8 Å². The summed E-state index contributed by atoms with van der Waals surface area (Å²) in [7, 11) is 1.76. The SMILES string of the molecule is CCC1CCC(C(NC)c2ccccc2C(F)(F)F)C1. The summed E-state index contributed by atoms with van der Waals surface area (Å²) in [6.07, 6.45) is 0.000240. The van der Waals surface area contributed by atoms with E-state index >= 15 is 0 Å². The van der Waals surface area contributed by atoms with Gasteiger partial charge in [0.15, 0.2) is 0 Å². The van der Waals surface area contributed by atoms with Gasteiger partial charge in [-0.15, -0.1) is 0 Å². The van der Waals surface area contributed by atoms with Crippen LogP contribution in [0.25, 0.3) is 0 Å². The molecule has 20 heavy (non-hydrogen) atoms. The molecule has 0 aliphatic heterocycles. The molecule has 3 unspecified atom stereocenters. The van der Waals surface area contributed by atoms with E-state index < -0.39 is 11.7 Å². The van der Waals surface area contributed by atoms with Gasteiger partial charge in [-0.1, -0.05) is 38.0 Å². The van der Waals surface area contributed by atoms with Gasteiger partial charge in [-0.3, -0.25) is 0 Å². The lowest BCUT2D eigenvalue weighted by Gasteiger charge is -2.26. The Kier molecular flexibility index (Phi) is 4.74. The van der Waals surface area contributed by atoms with Crippen molar-refractivity contribution in [2.24, 2.45) is 11.8 Å². The molecule has 4 heteroatoms. The van der Waals surface area contributed by atoms with Crippen LogP contribution in [-0.2, 0) is 6.18 Å². The van der Waals surface area contributed by atoms with Crippen molar-refractivity contribution in [1.82, 2.24) is 5.32 Å². The molecule has 2 rings (SSSR count). The van der Waals surface area contributed by atoms with Gasteiger partial charge < -0.3 is 5.32 Å². The van der Waals surface area contributed by atoms with Crippen molar-refractivity contribution in [3.63, 3.8) is 0 Å². The van der Waals surface area contributed by atoms with E-state index in [1.165, 1.54) is 12.1 Å². The summed E-state index contributed by atoms with van der Waals surface area (Å²) in [6, 6.07) is 5.75. The quantitative estimate of drug-likeness (QED) is 0.838. The number of halogens is 3. The van der Waals surface area contributed by atoms with Gasteiger partial charge in [0.25, 0.3) is 0 Å². The predicted octanol–water partition coefficient (Wildman–Crippen LogP) is 4.79.